The molecule has 110 valence electrons. The normalized spacial score (nSPS) is 11.0. The standard InChI is InChI=1S/C17H18Cl2N2/c1-3-21(4-2)16-9-7-15(8-10-16)20-12-13-5-6-14(18)11-17(13)19/h5-12H,3-4H2,1-2H3. The first-order chi connectivity index (χ1) is 10.1. The number of rotatable bonds is 5. The number of hydrogen-bond acceptors (Lipinski definition) is 2. The lowest BCUT2D eigenvalue weighted by Gasteiger charge is -2.20. The van der Waals surface area contributed by atoms with Crippen molar-refractivity contribution in [2.45, 2.75) is 13.8 Å². The predicted octanol–water partition coefficient (Wildman–Crippen LogP) is 5.59. The minimum absolute atomic E-state index is 0.603. The maximum absolute atomic E-state index is 6.12. The summed E-state index contributed by atoms with van der Waals surface area (Å²) in [6, 6.07) is 13.6. The first kappa shape index (κ1) is 15.9. The van der Waals surface area contributed by atoms with E-state index >= 15 is 0 Å². The number of benzene rings is 2. The van der Waals surface area contributed by atoms with Crippen LogP contribution in [0.3, 0.4) is 0 Å². The van der Waals surface area contributed by atoms with Crippen LogP contribution in [0.25, 0.3) is 0 Å². The molecule has 0 heterocycles. The average Bonchev–Trinajstić information content (AvgIpc) is 2.49. The molecule has 2 nitrogen and oxygen atoms in total. The molecule has 0 amide bonds. The second-order valence-electron chi connectivity index (χ2n) is 4.61. The summed E-state index contributed by atoms with van der Waals surface area (Å²) < 4.78 is 0. The lowest BCUT2D eigenvalue weighted by atomic mass is 10.2. The summed E-state index contributed by atoms with van der Waals surface area (Å²) in [5, 5.41) is 1.23. The number of nitrogens with zero attached hydrogens (tertiary/aromatic N) is 2. The van der Waals surface area contributed by atoms with Gasteiger partial charge in [0.25, 0.3) is 0 Å². The Morgan fingerprint density at radius 1 is 1.00 bits per heavy atom. The summed E-state index contributed by atoms with van der Waals surface area (Å²) in [6.45, 7) is 6.30. The number of anilines is 1. The molecule has 0 saturated carbocycles. The van der Waals surface area contributed by atoms with Crippen molar-refractivity contribution >= 4 is 40.8 Å². The van der Waals surface area contributed by atoms with Crippen molar-refractivity contribution in [3.8, 4) is 0 Å². The molecule has 0 unspecified atom stereocenters. The van der Waals surface area contributed by atoms with Crippen LogP contribution < -0.4 is 4.90 Å². The molecule has 0 aliphatic heterocycles. The second kappa shape index (κ2) is 7.48. The van der Waals surface area contributed by atoms with E-state index in [2.05, 4.69) is 35.9 Å². The van der Waals surface area contributed by atoms with Crippen LogP contribution in [-0.4, -0.2) is 19.3 Å². The van der Waals surface area contributed by atoms with Crippen LogP contribution >= 0.6 is 23.2 Å². The molecule has 0 aromatic heterocycles. The molecule has 2 aromatic rings. The van der Waals surface area contributed by atoms with Gasteiger partial charge in [0.1, 0.15) is 0 Å². The maximum Gasteiger partial charge on any atom is 0.0631 e. The quantitative estimate of drug-likeness (QED) is 0.655. The van der Waals surface area contributed by atoms with Gasteiger partial charge in [-0.3, -0.25) is 4.99 Å². The van der Waals surface area contributed by atoms with Crippen molar-refractivity contribution in [3.05, 3.63) is 58.1 Å². The number of hydrogen-bond donors (Lipinski definition) is 0. The van der Waals surface area contributed by atoms with Crippen LogP contribution in [0.4, 0.5) is 11.4 Å². The third kappa shape index (κ3) is 4.23. The Morgan fingerprint density at radius 3 is 2.24 bits per heavy atom. The van der Waals surface area contributed by atoms with E-state index in [1.165, 1.54) is 5.69 Å². The lowest BCUT2D eigenvalue weighted by molar-refractivity contribution is 0.866. The molecule has 0 N–H and O–H groups in total. The Labute approximate surface area is 136 Å². The molecule has 21 heavy (non-hydrogen) atoms. The Hall–Kier alpha value is -1.51. The molecular weight excluding hydrogens is 303 g/mol. The molecule has 0 radical (unpaired) electrons. The van der Waals surface area contributed by atoms with Crippen LogP contribution in [0.2, 0.25) is 10.0 Å². The highest BCUT2D eigenvalue weighted by Crippen LogP contribution is 2.22. The molecule has 0 fully saturated rings. The van der Waals surface area contributed by atoms with Crippen LogP contribution in [0, 0.1) is 0 Å². The molecule has 0 aliphatic rings. The van der Waals surface area contributed by atoms with Crippen LogP contribution in [0.15, 0.2) is 47.5 Å². The summed E-state index contributed by atoms with van der Waals surface area (Å²) in [6.07, 6.45) is 1.76. The zero-order valence-corrected chi connectivity index (χ0v) is 13.7. The van der Waals surface area contributed by atoms with Crippen molar-refractivity contribution in [2.75, 3.05) is 18.0 Å². The van der Waals surface area contributed by atoms with E-state index in [-0.39, 0.29) is 0 Å². The van der Waals surface area contributed by atoms with Gasteiger partial charge in [0.05, 0.1) is 10.7 Å². The Morgan fingerprint density at radius 2 is 1.67 bits per heavy atom. The van der Waals surface area contributed by atoms with E-state index in [0.717, 1.165) is 24.3 Å². The molecule has 0 spiro atoms. The van der Waals surface area contributed by atoms with Gasteiger partial charge in [0.2, 0.25) is 0 Å². The van der Waals surface area contributed by atoms with Crippen molar-refractivity contribution in [3.63, 3.8) is 0 Å². The van der Waals surface area contributed by atoms with E-state index in [1.807, 2.05) is 18.2 Å². The van der Waals surface area contributed by atoms with Gasteiger partial charge in [-0.1, -0.05) is 29.3 Å². The fraction of sp³-hybridized carbons (Fsp3) is 0.235. The zero-order chi connectivity index (χ0) is 15.2. The summed E-state index contributed by atoms with van der Waals surface area (Å²) in [4.78, 5) is 6.74. The highest BCUT2D eigenvalue weighted by atomic mass is 35.5. The fourth-order valence-electron chi connectivity index (χ4n) is 2.09. The first-order valence-electron chi connectivity index (χ1n) is 6.98. The minimum atomic E-state index is 0.603. The van der Waals surface area contributed by atoms with Gasteiger partial charge in [-0.25, -0.2) is 0 Å². The molecule has 0 aliphatic carbocycles. The monoisotopic (exact) mass is 320 g/mol. The van der Waals surface area contributed by atoms with Crippen molar-refractivity contribution in [1.82, 2.24) is 0 Å². The van der Waals surface area contributed by atoms with Gasteiger partial charge < -0.3 is 4.90 Å². The van der Waals surface area contributed by atoms with Gasteiger partial charge in [0, 0.05) is 35.6 Å². The Kier molecular flexibility index (Phi) is 5.66. The van der Waals surface area contributed by atoms with Gasteiger partial charge in [-0.05, 0) is 50.2 Å². The molecule has 2 rings (SSSR count). The summed E-state index contributed by atoms with van der Waals surface area (Å²) >= 11 is 12.0. The molecule has 2 aromatic carbocycles. The predicted molar refractivity (Wildman–Crippen MR) is 93.7 cm³/mol. The highest BCUT2D eigenvalue weighted by Gasteiger charge is 2.01. The van der Waals surface area contributed by atoms with Crippen LogP contribution in [-0.2, 0) is 0 Å². The topological polar surface area (TPSA) is 15.6 Å². The van der Waals surface area contributed by atoms with Crippen molar-refractivity contribution in [1.29, 1.82) is 0 Å². The average molecular weight is 321 g/mol. The van der Waals surface area contributed by atoms with Crippen LogP contribution in [0.5, 0.6) is 0 Å². The Bertz CT molecular complexity index is 617. The lowest BCUT2D eigenvalue weighted by Crippen LogP contribution is -2.21. The first-order valence-corrected chi connectivity index (χ1v) is 7.73. The largest absolute Gasteiger partial charge is 0.372 e. The van der Waals surface area contributed by atoms with Crippen LogP contribution in [0.1, 0.15) is 19.4 Å². The third-order valence-corrected chi connectivity index (χ3v) is 3.86. The molecular formula is C17H18Cl2N2. The van der Waals surface area contributed by atoms with E-state index in [1.54, 1.807) is 18.3 Å². The molecule has 0 saturated heterocycles. The van der Waals surface area contributed by atoms with Gasteiger partial charge >= 0.3 is 0 Å². The second-order valence-corrected chi connectivity index (χ2v) is 5.46. The SMILES string of the molecule is CCN(CC)c1ccc(N=Cc2ccc(Cl)cc2Cl)cc1. The van der Waals surface area contributed by atoms with E-state index in [4.69, 9.17) is 23.2 Å². The summed E-state index contributed by atoms with van der Waals surface area (Å²) in [5.74, 6) is 0. The number of aliphatic imine (C=N–C) groups is 1. The van der Waals surface area contributed by atoms with Gasteiger partial charge in [-0.2, -0.15) is 0 Å². The summed E-state index contributed by atoms with van der Waals surface area (Å²) in [5.41, 5.74) is 2.97. The molecule has 0 atom stereocenters. The maximum atomic E-state index is 6.12. The smallest absolute Gasteiger partial charge is 0.0631 e. The zero-order valence-electron chi connectivity index (χ0n) is 12.2. The third-order valence-electron chi connectivity index (χ3n) is 3.29. The Balaban J connectivity index is 2.14. The van der Waals surface area contributed by atoms with Crippen molar-refractivity contribution in [2.24, 2.45) is 4.99 Å². The summed E-state index contributed by atoms with van der Waals surface area (Å²) in [7, 11) is 0. The van der Waals surface area contributed by atoms with Gasteiger partial charge in [0.15, 0.2) is 0 Å². The van der Waals surface area contributed by atoms with E-state index in [0.29, 0.717) is 10.0 Å². The molecule has 0 bridgehead atoms. The highest BCUT2D eigenvalue weighted by molar-refractivity contribution is 6.36. The minimum Gasteiger partial charge on any atom is -0.372 e. The fourth-order valence-corrected chi connectivity index (χ4v) is 2.55. The van der Waals surface area contributed by atoms with Crippen molar-refractivity contribution < 1.29 is 0 Å². The van der Waals surface area contributed by atoms with E-state index in [9.17, 15) is 0 Å². The number of halogens is 2. The van der Waals surface area contributed by atoms with E-state index < -0.39 is 0 Å². The van der Waals surface area contributed by atoms with Gasteiger partial charge in [-0.15, -0.1) is 0 Å². The molecule has 4 heteroatoms.